The Kier molecular flexibility index (Phi) is 6.69. The highest BCUT2D eigenvalue weighted by atomic mass is 32.1. The predicted octanol–water partition coefficient (Wildman–Crippen LogP) is 2.11. The van der Waals surface area contributed by atoms with Crippen LogP contribution in [0.15, 0.2) is 0 Å². The molecule has 1 atom stereocenters. The SMILES string of the molecule is CC1CN(C)CCN1CCCCCCS. The van der Waals surface area contributed by atoms with Gasteiger partial charge in [-0.25, -0.2) is 0 Å². The molecule has 1 aliphatic heterocycles. The van der Waals surface area contributed by atoms with Crippen molar-refractivity contribution in [2.45, 2.75) is 38.6 Å². The zero-order valence-electron chi connectivity index (χ0n) is 10.3. The Morgan fingerprint density at radius 3 is 2.53 bits per heavy atom. The van der Waals surface area contributed by atoms with Crippen molar-refractivity contribution in [1.29, 1.82) is 0 Å². The van der Waals surface area contributed by atoms with Crippen LogP contribution in [0, 0.1) is 0 Å². The lowest BCUT2D eigenvalue weighted by Crippen LogP contribution is -2.50. The van der Waals surface area contributed by atoms with E-state index in [0.29, 0.717) is 0 Å². The average Bonchev–Trinajstić information content (AvgIpc) is 2.20. The van der Waals surface area contributed by atoms with Gasteiger partial charge in [-0.3, -0.25) is 4.90 Å². The maximum atomic E-state index is 4.23. The molecule has 1 unspecified atom stereocenters. The third-order valence-electron chi connectivity index (χ3n) is 3.32. The summed E-state index contributed by atoms with van der Waals surface area (Å²) in [5.74, 6) is 1.05. The van der Waals surface area contributed by atoms with E-state index in [9.17, 15) is 0 Å². The zero-order chi connectivity index (χ0) is 11.1. The van der Waals surface area contributed by atoms with Crippen LogP contribution in [0.2, 0.25) is 0 Å². The molecule has 0 amide bonds. The Balaban J connectivity index is 2.05. The first kappa shape index (κ1) is 13.3. The molecule has 0 radical (unpaired) electrons. The van der Waals surface area contributed by atoms with Gasteiger partial charge in [-0.05, 0) is 39.1 Å². The Labute approximate surface area is 100 Å². The summed E-state index contributed by atoms with van der Waals surface area (Å²) in [6.45, 7) is 7.37. The van der Waals surface area contributed by atoms with E-state index in [-0.39, 0.29) is 0 Å². The van der Waals surface area contributed by atoms with E-state index >= 15 is 0 Å². The van der Waals surface area contributed by atoms with Crippen molar-refractivity contribution in [2.75, 3.05) is 39.0 Å². The Morgan fingerprint density at radius 1 is 1.13 bits per heavy atom. The Morgan fingerprint density at radius 2 is 1.87 bits per heavy atom. The van der Waals surface area contributed by atoms with Crippen LogP contribution in [0.3, 0.4) is 0 Å². The number of unbranched alkanes of at least 4 members (excludes halogenated alkanes) is 3. The minimum Gasteiger partial charge on any atom is -0.304 e. The van der Waals surface area contributed by atoms with Crippen LogP contribution in [0.4, 0.5) is 0 Å². The van der Waals surface area contributed by atoms with Crippen LogP contribution in [-0.4, -0.2) is 54.8 Å². The maximum absolute atomic E-state index is 4.23. The van der Waals surface area contributed by atoms with Crippen LogP contribution in [0.25, 0.3) is 0 Å². The van der Waals surface area contributed by atoms with Crippen LogP contribution < -0.4 is 0 Å². The number of thiol groups is 1. The van der Waals surface area contributed by atoms with Gasteiger partial charge >= 0.3 is 0 Å². The average molecular weight is 230 g/mol. The van der Waals surface area contributed by atoms with Crippen molar-refractivity contribution in [2.24, 2.45) is 0 Å². The molecule has 0 aliphatic carbocycles. The van der Waals surface area contributed by atoms with Gasteiger partial charge in [0.15, 0.2) is 0 Å². The summed E-state index contributed by atoms with van der Waals surface area (Å²) in [7, 11) is 2.22. The van der Waals surface area contributed by atoms with Gasteiger partial charge in [0.2, 0.25) is 0 Å². The number of hydrogen-bond acceptors (Lipinski definition) is 3. The van der Waals surface area contributed by atoms with Gasteiger partial charge in [-0.15, -0.1) is 0 Å². The summed E-state index contributed by atoms with van der Waals surface area (Å²) in [6, 6.07) is 0.744. The first-order valence-corrected chi connectivity index (χ1v) is 6.90. The zero-order valence-corrected chi connectivity index (χ0v) is 11.2. The lowest BCUT2D eigenvalue weighted by atomic mass is 10.1. The monoisotopic (exact) mass is 230 g/mol. The molecule has 0 aromatic carbocycles. The Hall–Kier alpha value is 0.270. The predicted molar refractivity (Wildman–Crippen MR) is 70.9 cm³/mol. The van der Waals surface area contributed by atoms with Gasteiger partial charge < -0.3 is 4.90 Å². The molecule has 1 heterocycles. The summed E-state index contributed by atoms with van der Waals surface area (Å²) in [6.07, 6.45) is 5.37. The van der Waals surface area contributed by atoms with Crippen LogP contribution in [0.5, 0.6) is 0 Å². The molecule has 1 aliphatic rings. The van der Waals surface area contributed by atoms with E-state index in [1.807, 2.05) is 0 Å². The third-order valence-corrected chi connectivity index (χ3v) is 3.64. The standard InChI is InChI=1S/C12H26N2S/c1-12-11-13(2)8-9-14(12)7-5-3-4-6-10-15/h12,15H,3-11H2,1-2H3. The third kappa shape index (κ3) is 5.23. The first-order valence-electron chi connectivity index (χ1n) is 6.27. The summed E-state index contributed by atoms with van der Waals surface area (Å²) in [5, 5.41) is 0. The second kappa shape index (κ2) is 7.53. The van der Waals surface area contributed by atoms with Gasteiger partial charge in [0.1, 0.15) is 0 Å². The van der Waals surface area contributed by atoms with Gasteiger partial charge in [-0.2, -0.15) is 12.6 Å². The molecule has 0 bridgehead atoms. The minimum atomic E-state index is 0.744. The molecular formula is C12H26N2S. The van der Waals surface area contributed by atoms with E-state index in [2.05, 4.69) is 36.4 Å². The fourth-order valence-corrected chi connectivity index (χ4v) is 2.51. The van der Waals surface area contributed by atoms with Gasteiger partial charge in [-0.1, -0.05) is 12.8 Å². The topological polar surface area (TPSA) is 6.48 Å². The van der Waals surface area contributed by atoms with Crippen molar-refractivity contribution in [1.82, 2.24) is 9.80 Å². The number of piperazine rings is 1. The molecule has 0 N–H and O–H groups in total. The maximum Gasteiger partial charge on any atom is 0.0195 e. The largest absolute Gasteiger partial charge is 0.304 e. The molecule has 0 aromatic heterocycles. The van der Waals surface area contributed by atoms with Crippen LogP contribution in [0.1, 0.15) is 32.6 Å². The number of likely N-dealkylation sites (N-methyl/N-ethyl adjacent to an activating group) is 1. The fourth-order valence-electron chi connectivity index (χ4n) is 2.29. The van der Waals surface area contributed by atoms with Crippen molar-refractivity contribution in [3.8, 4) is 0 Å². The van der Waals surface area contributed by atoms with E-state index in [1.54, 1.807) is 0 Å². The summed E-state index contributed by atoms with van der Waals surface area (Å²) < 4.78 is 0. The summed E-state index contributed by atoms with van der Waals surface area (Å²) in [4.78, 5) is 5.07. The molecule has 1 fully saturated rings. The molecule has 1 rings (SSSR count). The van der Waals surface area contributed by atoms with Crippen molar-refractivity contribution in [3.05, 3.63) is 0 Å². The molecule has 0 aromatic rings. The summed E-state index contributed by atoms with van der Waals surface area (Å²) in [5.41, 5.74) is 0. The van der Waals surface area contributed by atoms with Crippen LogP contribution in [-0.2, 0) is 0 Å². The number of rotatable bonds is 6. The van der Waals surface area contributed by atoms with Crippen molar-refractivity contribution < 1.29 is 0 Å². The quantitative estimate of drug-likeness (QED) is 0.551. The second-order valence-electron chi connectivity index (χ2n) is 4.79. The molecule has 1 saturated heterocycles. The minimum absolute atomic E-state index is 0.744. The summed E-state index contributed by atoms with van der Waals surface area (Å²) >= 11 is 4.23. The normalized spacial score (nSPS) is 24.6. The molecule has 0 spiro atoms. The highest BCUT2D eigenvalue weighted by Gasteiger charge is 2.20. The van der Waals surface area contributed by atoms with Gasteiger partial charge in [0.25, 0.3) is 0 Å². The van der Waals surface area contributed by atoms with E-state index in [4.69, 9.17) is 0 Å². The van der Waals surface area contributed by atoms with Crippen molar-refractivity contribution in [3.63, 3.8) is 0 Å². The molecular weight excluding hydrogens is 204 g/mol. The number of nitrogens with zero attached hydrogens (tertiary/aromatic N) is 2. The molecule has 15 heavy (non-hydrogen) atoms. The second-order valence-corrected chi connectivity index (χ2v) is 5.23. The lowest BCUT2D eigenvalue weighted by molar-refractivity contribution is 0.0984. The molecule has 0 saturated carbocycles. The smallest absolute Gasteiger partial charge is 0.0195 e. The Bertz CT molecular complexity index is 164. The molecule has 3 heteroatoms. The van der Waals surface area contributed by atoms with Gasteiger partial charge in [0.05, 0.1) is 0 Å². The lowest BCUT2D eigenvalue weighted by Gasteiger charge is -2.38. The highest BCUT2D eigenvalue weighted by molar-refractivity contribution is 7.80. The van der Waals surface area contributed by atoms with Crippen molar-refractivity contribution >= 4 is 12.6 Å². The molecule has 2 nitrogen and oxygen atoms in total. The van der Waals surface area contributed by atoms with E-state index in [1.165, 1.54) is 51.9 Å². The van der Waals surface area contributed by atoms with Crippen LogP contribution >= 0.6 is 12.6 Å². The highest BCUT2D eigenvalue weighted by Crippen LogP contribution is 2.10. The van der Waals surface area contributed by atoms with Gasteiger partial charge in [0, 0.05) is 25.7 Å². The molecule has 90 valence electrons. The fraction of sp³-hybridized carbons (Fsp3) is 1.00. The van der Waals surface area contributed by atoms with E-state index in [0.717, 1.165) is 11.8 Å². The van der Waals surface area contributed by atoms with E-state index < -0.39 is 0 Å². The first-order chi connectivity index (χ1) is 7.24. The number of hydrogen-bond donors (Lipinski definition) is 1.